The molecule has 0 radical (unpaired) electrons. The van der Waals surface area contributed by atoms with Crippen molar-refractivity contribution in [3.63, 3.8) is 0 Å². The summed E-state index contributed by atoms with van der Waals surface area (Å²) in [7, 11) is 2.80. The van der Waals surface area contributed by atoms with Gasteiger partial charge < -0.3 is 9.84 Å². The molecule has 1 fully saturated rings. The number of hydrogen-bond donors (Lipinski definition) is 1. The van der Waals surface area contributed by atoms with E-state index in [4.69, 9.17) is 4.74 Å². The van der Waals surface area contributed by atoms with E-state index in [1.54, 1.807) is 6.92 Å². The van der Waals surface area contributed by atoms with Crippen LogP contribution in [0.1, 0.15) is 12.5 Å². The molecule has 2 rings (SSSR count). The van der Waals surface area contributed by atoms with E-state index in [9.17, 15) is 14.7 Å². The Hall–Kier alpha value is -1.93. The number of aliphatic imine (C=N–C) groups is 1. The highest BCUT2D eigenvalue weighted by Gasteiger charge is 2.17. The third kappa shape index (κ3) is 3.28. The summed E-state index contributed by atoms with van der Waals surface area (Å²) in [5, 5.41) is 10.0. The molecule has 0 atom stereocenters. The molecule has 0 aliphatic carbocycles. The molecule has 1 aliphatic rings. The van der Waals surface area contributed by atoms with E-state index >= 15 is 0 Å². The van der Waals surface area contributed by atoms with Crippen molar-refractivity contribution in [1.29, 1.82) is 0 Å². The van der Waals surface area contributed by atoms with Crippen molar-refractivity contribution in [2.24, 2.45) is 19.1 Å². The Balaban J connectivity index is 2.18. The van der Waals surface area contributed by atoms with Crippen LogP contribution in [0.4, 0.5) is 0 Å². The summed E-state index contributed by atoms with van der Waals surface area (Å²) in [6.45, 7) is 6.17. The summed E-state index contributed by atoms with van der Waals surface area (Å²) < 4.78 is 7.29. The van der Waals surface area contributed by atoms with E-state index in [1.165, 1.54) is 14.1 Å². The average Bonchev–Trinajstić information content (AvgIpc) is 2.52. The first kappa shape index (κ1) is 16.4. The predicted molar refractivity (Wildman–Crippen MR) is 82.9 cm³/mol. The van der Waals surface area contributed by atoms with E-state index < -0.39 is 11.2 Å². The standard InChI is InChI=1S/C14H22N4O4/c1-10(15-4-5-18-6-8-22-9-7-18)11-12(19)16(2)14(21)17(3)13(11)20/h19H,4-9H2,1-3H3. The monoisotopic (exact) mass is 310 g/mol. The molecule has 0 unspecified atom stereocenters. The molecular formula is C14H22N4O4. The van der Waals surface area contributed by atoms with Crippen LogP contribution in [0.15, 0.2) is 14.6 Å². The minimum Gasteiger partial charge on any atom is -0.494 e. The highest BCUT2D eigenvalue weighted by Crippen LogP contribution is 2.10. The van der Waals surface area contributed by atoms with Crippen LogP contribution in [-0.4, -0.2) is 64.2 Å². The largest absolute Gasteiger partial charge is 0.494 e. The predicted octanol–water partition coefficient (Wildman–Crippen LogP) is -1.07. The molecule has 0 bridgehead atoms. The number of morpholine rings is 1. The molecule has 1 aromatic rings. The van der Waals surface area contributed by atoms with Crippen molar-refractivity contribution >= 4 is 5.71 Å². The van der Waals surface area contributed by atoms with E-state index in [-0.39, 0.29) is 11.4 Å². The van der Waals surface area contributed by atoms with Crippen molar-refractivity contribution < 1.29 is 9.84 Å². The van der Waals surface area contributed by atoms with Gasteiger partial charge in [-0.1, -0.05) is 0 Å². The van der Waals surface area contributed by atoms with Crippen molar-refractivity contribution in [2.45, 2.75) is 6.92 Å². The molecule has 122 valence electrons. The minimum absolute atomic E-state index is 0.0755. The summed E-state index contributed by atoms with van der Waals surface area (Å²) in [5.74, 6) is -0.347. The quantitative estimate of drug-likeness (QED) is 0.716. The highest BCUT2D eigenvalue weighted by molar-refractivity contribution is 6.00. The van der Waals surface area contributed by atoms with Crippen LogP contribution in [-0.2, 0) is 18.8 Å². The topological polar surface area (TPSA) is 89.1 Å². The smallest absolute Gasteiger partial charge is 0.333 e. The second-order valence-electron chi connectivity index (χ2n) is 5.33. The number of rotatable bonds is 4. The number of nitrogens with zero attached hydrogens (tertiary/aromatic N) is 4. The summed E-state index contributed by atoms with van der Waals surface area (Å²) >= 11 is 0. The molecule has 22 heavy (non-hydrogen) atoms. The van der Waals surface area contributed by atoms with Gasteiger partial charge in [0.05, 0.1) is 19.8 Å². The molecule has 8 nitrogen and oxygen atoms in total. The number of ether oxygens (including phenoxy) is 1. The highest BCUT2D eigenvalue weighted by atomic mass is 16.5. The fourth-order valence-corrected chi connectivity index (χ4v) is 2.41. The summed E-state index contributed by atoms with van der Waals surface area (Å²) in [6, 6.07) is 0. The summed E-state index contributed by atoms with van der Waals surface area (Å²) in [4.78, 5) is 30.5. The second kappa shape index (κ2) is 6.89. The molecule has 1 saturated heterocycles. The Kier molecular flexibility index (Phi) is 5.15. The molecule has 0 spiro atoms. The molecule has 2 heterocycles. The van der Waals surface area contributed by atoms with Gasteiger partial charge in [-0.3, -0.25) is 23.8 Å². The fourth-order valence-electron chi connectivity index (χ4n) is 2.41. The van der Waals surface area contributed by atoms with Gasteiger partial charge in [-0.05, 0) is 6.92 Å². The Labute approximate surface area is 128 Å². The van der Waals surface area contributed by atoms with E-state index in [1.807, 2.05) is 0 Å². The van der Waals surface area contributed by atoms with Crippen LogP contribution in [0, 0.1) is 0 Å². The first-order valence-electron chi connectivity index (χ1n) is 7.24. The molecule has 0 aromatic carbocycles. The van der Waals surface area contributed by atoms with Crippen LogP contribution >= 0.6 is 0 Å². The van der Waals surface area contributed by atoms with Gasteiger partial charge in [0.2, 0.25) is 5.88 Å². The van der Waals surface area contributed by atoms with Crippen LogP contribution in [0.5, 0.6) is 5.88 Å². The first-order valence-corrected chi connectivity index (χ1v) is 7.24. The SMILES string of the molecule is CC(=NCCN1CCOCC1)c1c(O)n(C)c(=O)n(C)c1=O. The van der Waals surface area contributed by atoms with Crippen molar-refractivity contribution in [2.75, 3.05) is 39.4 Å². The van der Waals surface area contributed by atoms with Crippen molar-refractivity contribution in [1.82, 2.24) is 14.0 Å². The Bertz CT molecular complexity index is 683. The van der Waals surface area contributed by atoms with Gasteiger partial charge in [0.15, 0.2) is 0 Å². The minimum atomic E-state index is -0.563. The number of aromatic nitrogens is 2. The zero-order chi connectivity index (χ0) is 16.3. The molecule has 0 amide bonds. The van der Waals surface area contributed by atoms with Gasteiger partial charge in [0.25, 0.3) is 5.56 Å². The molecule has 1 aromatic heterocycles. The maximum absolute atomic E-state index is 12.2. The molecular weight excluding hydrogens is 288 g/mol. The Morgan fingerprint density at radius 1 is 1.23 bits per heavy atom. The van der Waals surface area contributed by atoms with Gasteiger partial charge in [-0.2, -0.15) is 0 Å². The first-order chi connectivity index (χ1) is 10.4. The average molecular weight is 310 g/mol. The van der Waals surface area contributed by atoms with Gasteiger partial charge in [0, 0.05) is 39.4 Å². The van der Waals surface area contributed by atoms with Gasteiger partial charge >= 0.3 is 5.69 Å². The van der Waals surface area contributed by atoms with E-state index in [0.717, 1.165) is 42.0 Å². The summed E-state index contributed by atoms with van der Waals surface area (Å²) in [5.41, 5.74) is -0.589. The van der Waals surface area contributed by atoms with Gasteiger partial charge in [0.1, 0.15) is 5.56 Å². The van der Waals surface area contributed by atoms with Crippen molar-refractivity contribution in [3.05, 3.63) is 26.4 Å². The number of aromatic hydroxyl groups is 1. The maximum atomic E-state index is 12.2. The Morgan fingerprint density at radius 2 is 1.86 bits per heavy atom. The lowest BCUT2D eigenvalue weighted by Gasteiger charge is -2.25. The maximum Gasteiger partial charge on any atom is 0.333 e. The Morgan fingerprint density at radius 3 is 2.50 bits per heavy atom. The lowest BCUT2D eigenvalue weighted by Crippen LogP contribution is -2.40. The summed E-state index contributed by atoms with van der Waals surface area (Å²) in [6.07, 6.45) is 0. The van der Waals surface area contributed by atoms with Crippen LogP contribution in [0.3, 0.4) is 0 Å². The normalized spacial score (nSPS) is 17.0. The molecule has 0 saturated carbocycles. The van der Waals surface area contributed by atoms with E-state index in [0.29, 0.717) is 12.3 Å². The lowest BCUT2D eigenvalue weighted by atomic mass is 10.2. The van der Waals surface area contributed by atoms with Crippen LogP contribution < -0.4 is 11.2 Å². The van der Waals surface area contributed by atoms with Crippen molar-refractivity contribution in [3.8, 4) is 5.88 Å². The van der Waals surface area contributed by atoms with Gasteiger partial charge in [-0.15, -0.1) is 0 Å². The fraction of sp³-hybridized carbons (Fsp3) is 0.643. The van der Waals surface area contributed by atoms with Crippen LogP contribution in [0.25, 0.3) is 0 Å². The molecule has 1 N–H and O–H groups in total. The van der Waals surface area contributed by atoms with Gasteiger partial charge in [-0.25, -0.2) is 4.79 Å². The third-order valence-electron chi connectivity index (χ3n) is 3.86. The second-order valence-corrected chi connectivity index (χ2v) is 5.33. The zero-order valence-corrected chi connectivity index (χ0v) is 13.2. The molecule has 8 heteroatoms. The zero-order valence-electron chi connectivity index (χ0n) is 13.2. The third-order valence-corrected chi connectivity index (χ3v) is 3.86. The lowest BCUT2D eigenvalue weighted by molar-refractivity contribution is 0.0394. The number of hydrogen-bond acceptors (Lipinski definition) is 6. The van der Waals surface area contributed by atoms with E-state index in [2.05, 4.69) is 9.89 Å². The van der Waals surface area contributed by atoms with Crippen LogP contribution in [0.2, 0.25) is 0 Å². The molecule has 1 aliphatic heterocycles.